The van der Waals surface area contributed by atoms with Crippen LogP contribution in [0.1, 0.15) is 38.5 Å². The summed E-state index contributed by atoms with van der Waals surface area (Å²) in [5.41, 5.74) is -0.621. The number of ether oxygens (including phenoxy) is 7. The van der Waals surface area contributed by atoms with E-state index in [1.807, 2.05) is 24.3 Å². The van der Waals surface area contributed by atoms with Crippen LogP contribution in [0.4, 0.5) is 0 Å². The second kappa shape index (κ2) is 12.5. The van der Waals surface area contributed by atoms with Gasteiger partial charge in [-0.15, -0.1) is 6.58 Å². The smallest absolute Gasteiger partial charge is 0.184 e. The maximum Gasteiger partial charge on any atom is 0.184 e. The molecule has 1 heterocycles. The Kier molecular flexibility index (Phi) is 9.46. The van der Waals surface area contributed by atoms with Crippen LogP contribution in [0.25, 0.3) is 0 Å². The standard InChI is InChI=1S/C34H50O8Si/c1-9-27-34(41-22-38-18-19-43(6,7)8,20-39-31(42-27)23-10-12-24(37-5)13-11-23)25-14-16-33-17-15-26(32(33,2)3)30(40-21-36-4)29(35)28(25)33/h9-14,16,25-28,30-31H,1,15,17-22H2,2-8H3/t25-,26+,27-,28-,30+,31-,33-,34-/m1/s1. The van der Waals surface area contributed by atoms with Gasteiger partial charge in [-0.3, -0.25) is 4.79 Å². The second-order valence-electron chi connectivity index (χ2n) is 14.3. The van der Waals surface area contributed by atoms with E-state index < -0.39 is 32.2 Å². The molecule has 8 atom stereocenters. The number of carbonyl (C=O) groups excluding carboxylic acids is 1. The molecule has 4 aliphatic rings. The molecule has 0 N–H and O–H groups in total. The molecule has 43 heavy (non-hydrogen) atoms. The van der Waals surface area contributed by atoms with E-state index in [0.717, 1.165) is 30.2 Å². The first-order chi connectivity index (χ1) is 20.4. The zero-order valence-corrected chi connectivity index (χ0v) is 27.9. The molecule has 1 saturated heterocycles. The third-order valence-electron chi connectivity index (χ3n) is 10.6. The number of fused-ring (bicyclic) bond motifs is 1. The van der Waals surface area contributed by atoms with Crippen molar-refractivity contribution in [1.29, 1.82) is 0 Å². The first kappa shape index (κ1) is 32.5. The summed E-state index contributed by atoms with van der Waals surface area (Å²) in [4.78, 5) is 14.5. The van der Waals surface area contributed by atoms with Crippen LogP contribution in [0.5, 0.6) is 5.75 Å². The summed E-state index contributed by atoms with van der Waals surface area (Å²) in [6.45, 7) is 16.7. The minimum Gasteiger partial charge on any atom is -0.497 e. The van der Waals surface area contributed by atoms with Crippen LogP contribution >= 0.6 is 0 Å². The Morgan fingerprint density at radius 2 is 1.86 bits per heavy atom. The number of Topliss-reactive ketones (excluding diaryl/α,β-unsaturated/α-hetero) is 1. The van der Waals surface area contributed by atoms with Gasteiger partial charge in [0.15, 0.2) is 12.1 Å². The Bertz CT molecular complexity index is 1180. The summed E-state index contributed by atoms with van der Waals surface area (Å²) in [6.07, 6.45) is 6.38. The predicted molar refractivity (Wildman–Crippen MR) is 166 cm³/mol. The van der Waals surface area contributed by atoms with Gasteiger partial charge >= 0.3 is 0 Å². The molecule has 0 radical (unpaired) electrons. The zero-order valence-electron chi connectivity index (χ0n) is 26.9. The van der Waals surface area contributed by atoms with Gasteiger partial charge in [-0.1, -0.05) is 63.8 Å². The number of hydrogen-bond acceptors (Lipinski definition) is 8. The summed E-state index contributed by atoms with van der Waals surface area (Å²) < 4.78 is 42.6. The first-order valence-electron chi connectivity index (χ1n) is 15.5. The topological polar surface area (TPSA) is 81.7 Å². The Labute approximate surface area is 258 Å². The van der Waals surface area contributed by atoms with Gasteiger partial charge in [0.1, 0.15) is 37.1 Å². The lowest BCUT2D eigenvalue weighted by molar-refractivity contribution is -0.321. The normalized spacial score (nSPS) is 36.5. The van der Waals surface area contributed by atoms with Crippen molar-refractivity contribution in [3.8, 4) is 5.75 Å². The quantitative estimate of drug-likeness (QED) is 0.113. The lowest BCUT2D eigenvalue weighted by Crippen LogP contribution is -2.64. The molecule has 1 aromatic carbocycles. The third kappa shape index (κ3) is 5.71. The van der Waals surface area contributed by atoms with E-state index in [2.05, 4.69) is 52.2 Å². The van der Waals surface area contributed by atoms with Crippen LogP contribution in [0.3, 0.4) is 0 Å². The lowest BCUT2D eigenvalue weighted by Gasteiger charge is -2.55. The first-order valence-corrected chi connectivity index (χ1v) is 19.2. The van der Waals surface area contributed by atoms with Crippen molar-refractivity contribution in [1.82, 2.24) is 0 Å². The molecule has 1 aliphatic heterocycles. The summed E-state index contributed by atoms with van der Waals surface area (Å²) in [5, 5.41) is 0. The molecule has 2 saturated carbocycles. The van der Waals surface area contributed by atoms with E-state index in [0.29, 0.717) is 6.61 Å². The van der Waals surface area contributed by atoms with Crippen LogP contribution in [-0.4, -0.2) is 72.7 Å². The van der Waals surface area contributed by atoms with E-state index in [-0.39, 0.29) is 54.6 Å². The zero-order chi connectivity index (χ0) is 31.0. The molecule has 1 aromatic rings. The molecule has 0 amide bonds. The lowest BCUT2D eigenvalue weighted by atomic mass is 9.51. The number of rotatable bonds is 13. The molecular formula is C34H50O8Si. The fraction of sp³-hybridized carbons (Fsp3) is 0.676. The van der Waals surface area contributed by atoms with E-state index in [9.17, 15) is 4.79 Å². The van der Waals surface area contributed by atoms with E-state index in [1.54, 1.807) is 20.3 Å². The summed E-state index contributed by atoms with van der Waals surface area (Å²) in [7, 11) is 1.95. The fourth-order valence-electron chi connectivity index (χ4n) is 8.07. The van der Waals surface area contributed by atoms with Crippen molar-refractivity contribution >= 4 is 13.9 Å². The molecule has 2 bridgehead atoms. The molecule has 1 spiro atoms. The van der Waals surface area contributed by atoms with Crippen LogP contribution in [-0.2, 0) is 33.2 Å². The molecule has 3 fully saturated rings. The number of ketones is 1. The van der Waals surface area contributed by atoms with Crippen LogP contribution in [0, 0.1) is 28.6 Å². The minimum atomic E-state index is -1.28. The SMILES string of the molecule is C=C[C@H]1O[C@H](c2ccc(OC)cc2)OC[C@@]1(OCOCC[Si](C)(C)C)[C@@H]1C=C[C@@]23CC[C@@H]([C@H](OCOC)C(=O)[C@@H]12)C3(C)C. The highest BCUT2D eigenvalue weighted by molar-refractivity contribution is 6.76. The predicted octanol–water partition coefficient (Wildman–Crippen LogP) is 6.16. The van der Waals surface area contributed by atoms with Gasteiger partial charge in [0.2, 0.25) is 0 Å². The van der Waals surface area contributed by atoms with Crippen LogP contribution in [0.15, 0.2) is 49.1 Å². The van der Waals surface area contributed by atoms with Gasteiger partial charge in [-0.05, 0) is 42.4 Å². The maximum absolute atomic E-state index is 14.5. The van der Waals surface area contributed by atoms with Gasteiger partial charge in [-0.2, -0.15) is 0 Å². The molecule has 238 valence electrons. The number of methoxy groups -OCH3 is 2. The highest BCUT2D eigenvalue weighted by Gasteiger charge is 2.72. The Balaban J connectivity index is 1.47. The highest BCUT2D eigenvalue weighted by Crippen LogP contribution is 2.70. The number of carbonyl (C=O) groups is 1. The van der Waals surface area contributed by atoms with Crippen molar-refractivity contribution in [3.05, 3.63) is 54.6 Å². The summed E-state index contributed by atoms with van der Waals surface area (Å²) >= 11 is 0. The number of benzene rings is 1. The number of allylic oxidation sites excluding steroid dienone is 1. The highest BCUT2D eigenvalue weighted by atomic mass is 28.3. The Morgan fingerprint density at radius 1 is 1.12 bits per heavy atom. The largest absolute Gasteiger partial charge is 0.497 e. The van der Waals surface area contributed by atoms with Gasteiger partial charge in [0.25, 0.3) is 0 Å². The minimum absolute atomic E-state index is 0.0720. The van der Waals surface area contributed by atoms with Gasteiger partial charge in [0.05, 0.1) is 13.7 Å². The van der Waals surface area contributed by atoms with E-state index in [4.69, 9.17) is 33.2 Å². The summed E-state index contributed by atoms with van der Waals surface area (Å²) in [6, 6.07) is 8.68. The molecule has 0 unspecified atom stereocenters. The average molecular weight is 615 g/mol. The summed E-state index contributed by atoms with van der Waals surface area (Å²) in [5.74, 6) is 0.291. The van der Waals surface area contributed by atoms with E-state index in [1.165, 1.54) is 0 Å². The second-order valence-corrected chi connectivity index (χ2v) is 19.9. The van der Waals surface area contributed by atoms with Crippen molar-refractivity contribution in [2.45, 2.75) is 76.5 Å². The van der Waals surface area contributed by atoms with Gasteiger partial charge in [-0.25, -0.2) is 0 Å². The molecule has 5 rings (SSSR count). The number of hydrogen-bond donors (Lipinski definition) is 0. The van der Waals surface area contributed by atoms with Crippen molar-refractivity contribution in [3.63, 3.8) is 0 Å². The molecule has 3 aliphatic carbocycles. The average Bonchev–Trinajstić information content (AvgIpc) is 3.46. The van der Waals surface area contributed by atoms with E-state index >= 15 is 0 Å². The van der Waals surface area contributed by atoms with Gasteiger partial charge in [0, 0.05) is 44.6 Å². The van der Waals surface area contributed by atoms with Crippen LogP contribution < -0.4 is 4.74 Å². The Hall–Kier alpha value is -1.85. The third-order valence-corrected chi connectivity index (χ3v) is 12.3. The molecule has 8 nitrogen and oxygen atoms in total. The monoisotopic (exact) mass is 614 g/mol. The van der Waals surface area contributed by atoms with Gasteiger partial charge < -0.3 is 33.2 Å². The van der Waals surface area contributed by atoms with Crippen molar-refractivity contribution in [2.24, 2.45) is 28.6 Å². The molecule has 0 aromatic heterocycles. The molecular weight excluding hydrogens is 564 g/mol. The maximum atomic E-state index is 14.5. The Morgan fingerprint density at radius 3 is 2.51 bits per heavy atom. The fourth-order valence-corrected chi connectivity index (χ4v) is 8.83. The van der Waals surface area contributed by atoms with Crippen LogP contribution in [0.2, 0.25) is 25.7 Å². The van der Waals surface area contributed by atoms with Crippen molar-refractivity contribution < 1.29 is 38.0 Å². The van der Waals surface area contributed by atoms with Crippen molar-refractivity contribution in [2.75, 3.05) is 41.0 Å². The molecule has 9 heteroatoms.